The monoisotopic (exact) mass is 362 g/mol. The Morgan fingerprint density at radius 2 is 2.08 bits per heavy atom. The summed E-state index contributed by atoms with van der Waals surface area (Å²) in [5.74, 6) is 0.719. The SMILES string of the molecule is CC1(C)CC(=O)C2=C(C1)Nc1ncnn1C2c1cccc(Cl)c1Cl. The second-order valence-electron chi connectivity index (χ2n) is 7.03. The molecule has 0 bridgehead atoms. The summed E-state index contributed by atoms with van der Waals surface area (Å²) >= 11 is 12.6. The maximum absolute atomic E-state index is 12.9. The van der Waals surface area contributed by atoms with Gasteiger partial charge in [0, 0.05) is 23.3 Å². The minimum Gasteiger partial charge on any atom is -0.328 e. The summed E-state index contributed by atoms with van der Waals surface area (Å²) in [6.45, 7) is 4.19. The number of nitrogens with one attached hydrogen (secondary N) is 1. The number of benzene rings is 1. The number of halogens is 2. The van der Waals surface area contributed by atoms with Crippen molar-refractivity contribution in [1.29, 1.82) is 0 Å². The lowest BCUT2D eigenvalue weighted by Crippen LogP contribution is -2.36. The van der Waals surface area contributed by atoms with Crippen LogP contribution in [0.3, 0.4) is 0 Å². The highest BCUT2D eigenvalue weighted by Crippen LogP contribution is 2.46. The molecule has 2 heterocycles. The molecule has 0 radical (unpaired) electrons. The van der Waals surface area contributed by atoms with Gasteiger partial charge in [0.25, 0.3) is 0 Å². The van der Waals surface area contributed by atoms with E-state index in [1.807, 2.05) is 12.1 Å². The van der Waals surface area contributed by atoms with Crippen LogP contribution in [0.1, 0.15) is 38.3 Å². The molecular formula is C17H16Cl2N4O. The molecule has 1 aromatic heterocycles. The molecule has 0 amide bonds. The van der Waals surface area contributed by atoms with Crippen molar-refractivity contribution in [3.63, 3.8) is 0 Å². The lowest BCUT2D eigenvalue weighted by molar-refractivity contribution is -0.118. The molecule has 124 valence electrons. The molecule has 1 N–H and O–H groups in total. The summed E-state index contributed by atoms with van der Waals surface area (Å²) in [5.41, 5.74) is 2.28. The minimum absolute atomic E-state index is 0.0895. The van der Waals surface area contributed by atoms with Gasteiger partial charge in [0.05, 0.1) is 10.0 Å². The van der Waals surface area contributed by atoms with Gasteiger partial charge in [0.1, 0.15) is 12.4 Å². The van der Waals surface area contributed by atoms with Gasteiger partial charge in [0.15, 0.2) is 5.78 Å². The van der Waals surface area contributed by atoms with Gasteiger partial charge in [-0.05, 0) is 17.9 Å². The van der Waals surface area contributed by atoms with Crippen LogP contribution in [0, 0.1) is 5.41 Å². The van der Waals surface area contributed by atoms with E-state index in [0.29, 0.717) is 28.0 Å². The summed E-state index contributed by atoms with van der Waals surface area (Å²) in [5, 5.41) is 8.47. The second-order valence-corrected chi connectivity index (χ2v) is 7.82. The van der Waals surface area contributed by atoms with E-state index < -0.39 is 6.04 Å². The molecule has 5 nitrogen and oxygen atoms in total. The van der Waals surface area contributed by atoms with Gasteiger partial charge in [-0.1, -0.05) is 49.2 Å². The Labute approximate surface area is 149 Å². The first kappa shape index (κ1) is 15.7. The van der Waals surface area contributed by atoms with Crippen LogP contribution >= 0.6 is 23.2 Å². The van der Waals surface area contributed by atoms with Crippen molar-refractivity contribution in [3.05, 3.63) is 51.4 Å². The Kier molecular flexibility index (Phi) is 3.48. The Morgan fingerprint density at radius 1 is 1.29 bits per heavy atom. The summed E-state index contributed by atoms with van der Waals surface area (Å²) < 4.78 is 1.70. The maximum Gasteiger partial charge on any atom is 0.226 e. The minimum atomic E-state index is -0.409. The molecule has 1 unspecified atom stereocenters. The average molecular weight is 363 g/mol. The van der Waals surface area contributed by atoms with Crippen LogP contribution in [0.5, 0.6) is 0 Å². The van der Waals surface area contributed by atoms with Crippen molar-refractivity contribution >= 4 is 34.9 Å². The molecule has 7 heteroatoms. The third kappa shape index (κ3) is 2.34. The van der Waals surface area contributed by atoms with Crippen molar-refractivity contribution in [2.45, 2.75) is 32.7 Å². The van der Waals surface area contributed by atoms with Crippen LogP contribution < -0.4 is 5.32 Å². The molecular weight excluding hydrogens is 347 g/mol. The van der Waals surface area contributed by atoms with Crippen LogP contribution in [0.2, 0.25) is 10.0 Å². The fourth-order valence-electron chi connectivity index (χ4n) is 3.57. The fraction of sp³-hybridized carbons (Fsp3) is 0.353. The number of ketones is 1. The van der Waals surface area contributed by atoms with Gasteiger partial charge in [-0.3, -0.25) is 4.79 Å². The van der Waals surface area contributed by atoms with E-state index in [9.17, 15) is 4.79 Å². The average Bonchev–Trinajstić information content (AvgIpc) is 2.95. The summed E-state index contributed by atoms with van der Waals surface area (Å²) in [6.07, 6.45) is 2.74. The van der Waals surface area contributed by atoms with E-state index in [-0.39, 0.29) is 11.2 Å². The molecule has 1 aliphatic heterocycles. The normalized spacial score (nSPS) is 22.0. The number of nitrogens with zero attached hydrogens (tertiary/aromatic N) is 3. The van der Waals surface area contributed by atoms with Gasteiger partial charge < -0.3 is 5.32 Å². The second kappa shape index (κ2) is 5.33. The number of hydrogen-bond acceptors (Lipinski definition) is 4. The van der Waals surface area contributed by atoms with Gasteiger partial charge in [-0.2, -0.15) is 10.1 Å². The number of carbonyl (C=O) groups excluding carboxylic acids is 1. The summed E-state index contributed by atoms with van der Waals surface area (Å²) in [4.78, 5) is 17.2. The van der Waals surface area contributed by atoms with Gasteiger partial charge in [-0.15, -0.1) is 0 Å². The van der Waals surface area contributed by atoms with Crippen molar-refractivity contribution in [2.75, 3.05) is 5.32 Å². The number of Topliss-reactive ketones (excluding diaryl/α,β-unsaturated/α-hetero) is 1. The van der Waals surface area contributed by atoms with Crippen LogP contribution in [0.4, 0.5) is 5.95 Å². The molecule has 0 fully saturated rings. The maximum atomic E-state index is 12.9. The predicted molar refractivity (Wildman–Crippen MR) is 93.3 cm³/mol. The van der Waals surface area contributed by atoms with Gasteiger partial charge >= 0.3 is 0 Å². The van der Waals surface area contributed by atoms with Crippen molar-refractivity contribution in [1.82, 2.24) is 14.8 Å². The van der Waals surface area contributed by atoms with E-state index in [1.165, 1.54) is 6.33 Å². The number of hydrogen-bond donors (Lipinski definition) is 1. The first-order valence-corrected chi connectivity index (χ1v) is 8.50. The van der Waals surface area contributed by atoms with Crippen LogP contribution in [-0.4, -0.2) is 20.5 Å². The van der Waals surface area contributed by atoms with Crippen LogP contribution in [0.15, 0.2) is 35.8 Å². The zero-order valence-corrected chi connectivity index (χ0v) is 14.8. The number of rotatable bonds is 1. The molecule has 4 rings (SSSR count). The predicted octanol–water partition coefficient (Wildman–Crippen LogP) is 4.24. The lowest BCUT2D eigenvalue weighted by Gasteiger charge is -2.38. The van der Waals surface area contributed by atoms with E-state index in [2.05, 4.69) is 29.2 Å². The Bertz CT molecular complexity index is 884. The molecule has 0 saturated carbocycles. The number of fused-ring (bicyclic) bond motifs is 1. The highest BCUT2D eigenvalue weighted by atomic mass is 35.5. The fourth-order valence-corrected chi connectivity index (χ4v) is 3.98. The molecule has 24 heavy (non-hydrogen) atoms. The lowest BCUT2D eigenvalue weighted by atomic mass is 9.73. The first-order chi connectivity index (χ1) is 11.4. The van der Waals surface area contributed by atoms with E-state index in [4.69, 9.17) is 23.2 Å². The Hall–Kier alpha value is -1.85. The summed E-state index contributed by atoms with van der Waals surface area (Å²) in [7, 11) is 0. The third-order valence-corrected chi connectivity index (χ3v) is 5.38. The molecule has 2 aromatic rings. The van der Waals surface area contributed by atoms with Crippen LogP contribution in [0.25, 0.3) is 0 Å². The largest absolute Gasteiger partial charge is 0.328 e. The van der Waals surface area contributed by atoms with Crippen molar-refractivity contribution in [3.8, 4) is 0 Å². The third-order valence-electron chi connectivity index (χ3n) is 4.55. The van der Waals surface area contributed by atoms with Gasteiger partial charge in [0.2, 0.25) is 5.95 Å². The smallest absolute Gasteiger partial charge is 0.226 e. The quantitative estimate of drug-likeness (QED) is 0.823. The highest BCUT2D eigenvalue weighted by Gasteiger charge is 2.42. The van der Waals surface area contributed by atoms with Crippen molar-refractivity contribution < 1.29 is 4.79 Å². The molecule has 1 aliphatic carbocycles. The number of allylic oxidation sites excluding steroid dienone is 2. The van der Waals surface area contributed by atoms with E-state index in [1.54, 1.807) is 10.7 Å². The Morgan fingerprint density at radius 3 is 2.88 bits per heavy atom. The van der Waals surface area contributed by atoms with Crippen LogP contribution in [-0.2, 0) is 4.79 Å². The van der Waals surface area contributed by atoms with Gasteiger partial charge in [-0.25, -0.2) is 4.68 Å². The molecule has 0 saturated heterocycles. The zero-order valence-electron chi connectivity index (χ0n) is 13.3. The molecule has 1 atom stereocenters. The summed E-state index contributed by atoms with van der Waals surface area (Å²) in [6, 6.07) is 5.04. The molecule has 0 spiro atoms. The highest BCUT2D eigenvalue weighted by molar-refractivity contribution is 6.42. The van der Waals surface area contributed by atoms with E-state index >= 15 is 0 Å². The number of carbonyl (C=O) groups is 1. The number of aromatic nitrogens is 3. The van der Waals surface area contributed by atoms with E-state index in [0.717, 1.165) is 17.7 Å². The number of anilines is 1. The topological polar surface area (TPSA) is 59.8 Å². The first-order valence-electron chi connectivity index (χ1n) is 7.74. The zero-order chi connectivity index (χ0) is 17.1. The standard InChI is InChI=1S/C17H16Cl2N4O/c1-17(2)6-11-13(12(24)7-17)15(23-16(22-11)20-8-21-23)9-4-3-5-10(18)14(9)19/h3-5,8,15H,6-7H2,1-2H3,(H,20,21,22). The Balaban J connectivity index is 1.95. The molecule has 2 aliphatic rings. The van der Waals surface area contributed by atoms with Crippen molar-refractivity contribution in [2.24, 2.45) is 5.41 Å². The molecule has 1 aromatic carbocycles.